The van der Waals surface area contributed by atoms with E-state index in [1.807, 2.05) is 6.92 Å². The smallest absolute Gasteiger partial charge is 0.292 e. The van der Waals surface area contributed by atoms with Gasteiger partial charge < -0.3 is 19.5 Å². The molecule has 0 saturated heterocycles. The Labute approximate surface area is 137 Å². The van der Waals surface area contributed by atoms with E-state index in [9.17, 15) is 9.59 Å². The number of furan rings is 2. The number of carbonyl (C=O) groups excluding carboxylic acids is 2. The van der Waals surface area contributed by atoms with E-state index in [2.05, 4.69) is 15.6 Å². The second-order valence-corrected chi connectivity index (χ2v) is 5.17. The van der Waals surface area contributed by atoms with Crippen molar-refractivity contribution in [2.75, 3.05) is 10.6 Å². The molecule has 3 rings (SSSR count). The molecule has 0 aliphatic rings. The molecule has 0 bridgehead atoms. The quantitative estimate of drug-likeness (QED) is 0.766. The fourth-order valence-electron chi connectivity index (χ4n) is 2.24. The van der Waals surface area contributed by atoms with Gasteiger partial charge in [-0.25, -0.2) is 4.98 Å². The number of aromatic nitrogens is 1. The number of aryl methyl sites for hydroxylation is 2. The van der Waals surface area contributed by atoms with Crippen LogP contribution in [0.15, 0.2) is 51.7 Å². The summed E-state index contributed by atoms with van der Waals surface area (Å²) in [6.45, 7) is 3.61. The Hall–Kier alpha value is -3.35. The Morgan fingerprint density at radius 3 is 2.08 bits per heavy atom. The Morgan fingerprint density at radius 2 is 1.54 bits per heavy atom. The Kier molecular flexibility index (Phi) is 4.15. The number of nitrogens with zero attached hydrogens (tertiary/aromatic N) is 1. The molecule has 7 nitrogen and oxygen atoms in total. The molecule has 0 saturated carbocycles. The van der Waals surface area contributed by atoms with Crippen LogP contribution in [0.3, 0.4) is 0 Å². The molecule has 122 valence electrons. The van der Waals surface area contributed by atoms with Crippen LogP contribution in [0.5, 0.6) is 0 Å². The summed E-state index contributed by atoms with van der Waals surface area (Å²) in [4.78, 5) is 28.7. The molecule has 2 N–H and O–H groups in total. The summed E-state index contributed by atoms with van der Waals surface area (Å²) < 4.78 is 10.1. The van der Waals surface area contributed by atoms with Crippen molar-refractivity contribution < 1.29 is 18.4 Å². The minimum Gasteiger partial charge on any atom is -0.459 e. The van der Waals surface area contributed by atoms with E-state index in [-0.39, 0.29) is 17.3 Å². The second-order valence-electron chi connectivity index (χ2n) is 5.17. The van der Waals surface area contributed by atoms with Crippen molar-refractivity contribution in [1.82, 2.24) is 4.98 Å². The highest BCUT2D eigenvalue weighted by Gasteiger charge is 2.18. The molecule has 3 heterocycles. The van der Waals surface area contributed by atoms with Crippen LogP contribution < -0.4 is 10.6 Å². The summed E-state index contributed by atoms with van der Waals surface area (Å²) >= 11 is 0. The van der Waals surface area contributed by atoms with Crippen LogP contribution in [0.1, 0.15) is 32.4 Å². The van der Waals surface area contributed by atoms with E-state index in [0.717, 1.165) is 5.56 Å². The lowest BCUT2D eigenvalue weighted by Gasteiger charge is -2.14. The fourth-order valence-corrected chi connectivity index (χ4v) is 2.24. The van der Waals surface area contributed by atoms with Crippen LogP contribution >= 0.6 is 0 Å². The van der Waals surface area contributed by atoms with Gasteiger partial charge in [0.2, 0.25) is 0 Å². The third-order valence-corrected chi connectivity index (χ3v) is 3.31. The first-order valence-electron chi connectivity index (χ1n) is 7.22. The summed E-state index contributed by atoms with van der Waals surface area (Å²) in [6, 6.07) is 8.13. The van der Waals surface area contributed by atoms with E-state index in [4.69, 9.17) is 8.83 Å². The minimum atomic E-state index is -0.453. The lowest BCUT2D eigenvalue weighted by molar-refractivity contribution is 0.0986. The van der Waals surface area contributed by atoms with Crippen molar-refractivity contribution in [2.24, 2.45) is 0 Å². The highest BCUT2D eigenvalue weighted by molar-refractivity contribution is 6.08. The summed E-state index contributed by atoms with van der Waals surface area (Å²) in [5.41, 5.74) is 1.87. The predicted octanol–water partition coefficient (Wildman–Crippen LogP) is 3.39. The second kappa shape index (κ2) is 6.41. The molecule has 24 heavy (non-hydrogen) atoms. The van der Waals surface area contributed by atoms with Gasteiger partial charge in [-0.05, 0) is 49.7 Å². The lowest BCUT2D eigenvalue weighted by Crippen LogP contribution is -2.18. The molecule has 0 aromatic carbocycles. The fraction of sp³-hybridized carbons (Fsp3) is 0.118. The van der Waals surface area contributed by atoms with Crippen molar-refractivity contribution in [3.63, 3.8) is 0 Å². The Morgan fingerprint density at radius 1 is 0.958 bits per heavy atom. The summed E-state index contributed by atoms with van der Waals surface area (Å²) in [5.74, 6) is -0.320. The zero-order valence-corrected chi connectivity index (χ0v) is 13.1. The average Bonchev–Trinajstić information content (AvgIpc) is 3.23. The topological polar surface area (TPSA) is 97.4 Å². The van der Waals surface area contributed by atoms with Gasteiger partial charge in [-0.1, -0.05) is 0 Å². The van der Waals surface area contributed by atoms with Crippen molar-refractivity contribution in [1.29, 1.82) is 0 Å². The number of carbonyl (C=O) groups is 2. The van der Waals surface area contributed by atoms with Gasteiger partial charge in [0.1, 0.15) is 0 Å². The third kappa shape index (κ3) is 3.19. The molecule has 3 aromatic rings. The largest absolute Gasteiger partial charge is 0.459 e. The van der Waals surface area contributed by atoms with Gasteiger partial charge in [0.25, 0.3) is 11.8 Å². The maximum absolute atomic E-state index is 12.2. The molecule has 2 amide bonds. The number of pyridine rings is 1. The maximum atomic E-state index is 12.2. The molecule has 0 fully saturated rings. The van der Waals surface area contributed by atoms with Gasteiger partial charge in [-0.15, -0.1) is 0 Å². The standard InChI is InChI=1S/C17H15N3O4/c1-10-9-11(2)18-15(20-17(22)13-6-4-8-24-13)14(10)19-16(21)12-5-3-7-23-12/h3-9H,1-2H3,(H,19,21)(H,18,20,22). The van der Waals surface area contributed by atoms with Gasteiger partial charge in [0.15, 0.2) is 17.3 Å². The number of anilines is 2. The molecule has 0 atom stereocenters. The lowest BCUT2D eigenvalue weighted by atomic mass is 10.2. The maximum Gasteiger partial charge on any atom is 0.292 e. The van der Waals surface area contributed by atoms with E-state index in [1.165, 1.54) is 12.5 Å². The van der Waals surface area contributed by atoms with Crippen LogP contribution in [-0.4, -0.2) is 16.8 Å². The average molecular weight is 325 g/mol. The number of nitrogens with one attached hydrogen (secondary N) is 2. The minimum absolute atomic E-state index is 0.152. The molecular formula is C17H15N3O4. The van der Waals surface area contributed by atoms with E-state index < -0.39 is 11.8 Å². The van der Waals surface area contributed by atoms with Crippen LogP contribution in [0.25, 0.3) is 0 Å². The molecular weight excluding hydrogens is 310 g/mol. The van der Waals surface area contributed by atoms with Gasteiger partial charge in [0, 0.05) is 5.69 Å². The zero-order chi connectivity index (χ0) is 17.1. The first kappa shape index (κ1) is 15.5. The van der Waals surface area contributed by atoms with Gasteiger partial charge in [-0.2, -0.15) is 0 Å². The van der Waals surface area contributed by atoms with Crippen LogP contribution in [0.2, 0.25) is 0 Å². The van der Waals surface area contributed by atoms with Gasteiger partial charge in [0.05, 0.1) is 18.2 Å². The van der Waals surface area contributed by atoms with E-state index in [0.29, 0.717) is 11.4 Å². The summed E-state index contributed by atoms with van der Waals surface area (Å²) in [7, 11) is 0. The first-order valence-corrected chi connectivity index (χ1v) is 7.22. The zero-order valence-electron chi connectivity index (χ0n) is 13.1. The van der Waals surface area contributed by atoms with Crippen molar-refractivity contribution in [3.8, 4) is 0 Å². The Bertz CT molecular complexity index is 868. The number of amides is 2. The molecule has 7 heteroatoms. The first-order chi connectivity index (χ1) is 11.5. The highest BCUT2D eigenvalue weighted by Crippen LogP contribution is 2.26. The van der Waals surface area contributed by atoms with E-state index >= 15 is 0 Å². The number of rotatable bonds is 4. The predicted molar refractivity (Wildman–Crippen MR) is 87.0 cm³/mol. The van der Waals surface area contributed by atoms with Crippen molar-refractivity contribution in [3.05, 3.63) is 65.6 Å². The molecule has 0 unspecified atom stereocenters. The van der Waals surface area contributed by atoms with Crippen molar-refractivity contribution in [2.45, 2.75) is 13.8 Å². The highest BCUT2D eigenvalue weighted by atomic mass is 16.3. The third-order valence-electron chi connectivity index (χ3n) is 3.31. The SMILES string of the molecule is Cc1cc(C)c(NC(=O)c2ccco2)c(NC(=O)c2ccco2)n1. The van der Waals surface area contributed by atoms with E-state index in [1.54, 1.807) is 37.3 Å². The normalized spacial score (nSPS) is 10.4. The Balaban J connectivity index is 1.90. The van der Waals surface area contributed by atoms with Crippen LogP contribution in [0.4, 0.5) is 11.5 Å². The molecule has 0 spiro atoms. The monoisotopic (exact) mass is 325 g/mol. The molecule has 0 aliphatic carbocycles. The summed E-state index contributed by atoms with van der Waals surface area (Å²) in [6.07, 6.45) is 2.82. The van der Waals surface area contributed by atoms with Crippen molar-refractivity contribution >= 4 is 23.3 Å². The van der Waals surface area contributed by atoms with Gasteiger partial charge in [-0.3, -0.25) is 9.59 Å². The molecule has 0 radical (unpaired) electrons. The van der Waals surface area contributed by atoms with Crippen LogP contribution in [-0.2, 0) is 0 Å². The van der Waals surface area contributed by atoms with Crippen LogP contribution in [0, 0.1) is 13.8 Å². The number of hydrogen-bond donors (Lipinski definition) is 2. The summed E-state index contributed by atoms with van der Waals surface area (Å²) in [5, 5.41) is 5.37. The van der Waals surface area contributed by atoms with Gasteiger partial charge >= 0.3 is 0 Å². The number of hydrogen-bond acceptors (Lipinski definition) is 5. The molecule has 3 aromatic heterocycles. The molecule has 0 aliphatic heterocycles.